The van der Waals surface area contributed by atoms with E-state index in [0.717, 1.165) is 0 Å². The molecule has 2 N–H and O–H groups in total. The summed E-state index contributed by atoms with van der Waals surface area (Å²) in [6.45, 7) is 0. The summed E-state index contributed by atoms with van der Waals surface area (Å²) in [5.41, 5.74) is 1.38. The van der Waals surface area contributed by atoms with Gasteiger partial charge in [0.05, 0.1) is 5.56 Å². The standard InChI is InChI=1S/C13H8ClN3O3/c14-8-2-3-9-10(6-8)16-17(15-9)11-5-7(13(19)20)1-4-12(11)18/h1-6,18H,(H,19,20). The number of hydrogen-bond donors (Lipinski definition) is 2. The minimum absolute atomic E-state index is 0.0391. The van der Waals surface area contributed by atoms with E-state index in [9.17, 15) is 9.90 Å². The summed E-state index contributed by atoms with van der Waals surface area (Å²) in [6, 6.07) is 8.91. The summed E-state index contributed by atoms with van der Waals surface area (Å²) in [5, 5.41) is 27.7. The average Bonchev–Trinajstić information content (AvgIpc) is 2.81. The van der Waals surface area contributed by atoms with Gasteiger partial charge in [-0.25, -0.2) is 4.79 Å². The predicted molar refractivity (Wildman–Crippen MR) is 72.5 cm³/mol. The van der Waals surface area contributed by atoms with Crippen molar-refractivity contribution in [2.24, 2.45) is 0 Å². The highest BCUT2D eigenvalue weighted by atomic mass is 35.5. The normalized spacial score (nSPS) is 10.8. The van der Waals surface area contributed by atoms with Crippen molar-refractivity contribution in [1.82, 2.24) is 15.0 Å². The number of hydrogen-bond acceptors (Lipinski definition) is 4. The quantitative estimate of drug-likeness (QED) is 0.756. The zero-order valence-corrected chi connectivity index (χ0v) is 10.7. The topological polar surface area (TPSA) is 88.2 Å². The first kappa shape index (κ1) is 12.4. The molecule has 0 spiro atoms. The number of carbonyl (C=O) groups is 1. The van der Waals surface area contributed by atoms with Crippen LogP contribution in [0.15, 0.2) is 36.4 Å². The van der Waals surface area contributed by atoms with E-state index in [-0.39, 0.29) is 17.0 Å². The van der Waals surface area contributed by atoms with Crippen molar-refractivity contribution >= 4 is 28.6 Å². The molecular formula is C13H8ClN3O3. The molecule has 6 nitrogen and oxygen atoms in total. The summed E-state index contributed by atoms with van der Waals surface area (Å²) in [6.07, 6.45) is 0. The minimum atomic E-state index is -1.09. The Balaban J connectivity index is 2.19. The molecular weight excluding hydrogens is 282 g/mol. The first-order valence-corrected chi connectivity index (χ1v) is 6.02. The second kappa shape index (κ2) is 4.50. The number of benzene rings is 2. The highest BCUT2D eigenvalue weighted by molar-refractivity contribution is 6.31. The number of carboxylic acid groups (broad SMARTS) is 1. The Morgan fingerprint density at radius 3 is 2.60 bits per heavy atom. The summed E-state index contributed by atoms with van der Waals surface area (Å²) in [5.74, 6) is -1.20. The number of nitrogens with zero attached hydrogens (tertiary/aromatic N) is 3. The summed E-state index contributed by atoms with van der Waals surface area (Å²) in [7, 11) is 0. The molecule has 0 aliphatic carbocycles. The SMILES string of the molecule is O=C(O)c1ccc(O)c(-n2nc3ccc(Cl)cc3n2)c1. The van der Waals surface area contributed by atoms with Crippen molar-refractivity contribution in [2.45, 2.75) is 0 Å². The van der Waals surface area contributed by atoms with Crippen molar-refractivity contribution in [3.63, 3.8) is 0 Å². The molecule has 3 aromatic rings. The molecule has 0 radical (unpaired) electrons. The molecule has 3 rings (SSSR count). The molecule has 20 heavy (non-hydrogen) atoms. The third kappa shape index (κ3) is 2.06. The molecule has 2 aromatic carbocycles. The third-order valence-corrected chi connectivity index (χ3v) is 3.02. The van der Waals surface area contributed by atoms with Gasteiger partial charge in [-0.2, -0.15) is 0 Å². The maximum Gasteiger partial charge on any atom is 0.335 e. The van der Waals surface area contributed by atoms with Crippen LogP contribution in [-0.2, 0) is 0 Å². The highest BCUT2D eigenvalue weighted by Gasteiger charge is 2.12. The Labute approximate surface area is 117 Å². The van der Waals surface area contributed by atoms with E-state index in [0.29, 0.717) is 16.1 Å². The van der Waals surface area contributed by atoms with Gasteiger partial charge >= 0.3 is 5.97 Å². The monoisotopic (exact) mass is 289 g/mol. The first-order chi connectivity index (χ1) is 9.54. The lowest BCUT2D eigenvalue weighted by Crippen LogP contribution is -2.03. The highest BCUT2D eigenvalue weighted by Crippen LogP contribution is 2.24. The number of rotatable bonds is 2. The van der Waals surface area contributed by atoms with Crippen LogP contribution >= 0.6 is 11.6 Å². The number of aromatic carboxylic acids is 1. The van der Waals surface area contributed by atoms with E-state index >= 15 is 0 Å². The number of phenolic OH excluding ortho intramolecular Hbond substituents is 1. The van der Waals surface area contributed by atoms with Crippen LogP contribution in [-0.4, -0.2) is 31.2 Å². The fraction of sp³-hybridized carbons (Fsp3) is 0. The van der Waals surface area contributed by atoms with Crippen LogP contribution in [0.1, 0.15) is 10.4 Å². The van der Waals surface area contributed by atoms with E-state index in [1.165, 1.54) is 23.0 Å². The van der Waals surface area contributed by atoms with Gasteiger partial charge in [0.2, 0.25) is 0 Å². The molecule has 1 aromatic heterocycles. The first-order valence-electron chi connectivity index (χ1n) is 5.64. The lowest BCUT2D eigenvalue weighted by atomic mass is 10.2. The van der Waals surface area contributed by atoms with Gasteiger partial charge in [0.15, 0.2) is 0 Å². The van der Waals surface area contributed by atoms with Crippen molar-refractivity contribution < 1.29 is 15.0 Å². The fourth-order valence-electron chi connectivity index (χ4n) is 1.81. The van der Waals surface area contributed by atoms with E-state index in [2.05, 4.69) is 10.2 Å². The summed E-state index contributed by atoms with van der Waals surface area (Å²) in [4.78, 5) is 12.1. The number of phenols is 1. The zero-order chi connectivity index (χ0) is 14.3. The minimum Gasteiger partial charge on any atom is -0.506 e. The van der Waals surface area contributed by atoms with Crippen molar-refractivity contribution in [3.8, 4) is 11.4 Å². The number of aromatic hydroxyl groups is 1. The van der Waals surface area contributed by atoms with E-state index in [1.807, 2.05) is 0 Å². The zero-order valence-electron chi connectivity index (χ0n) is 9.99. The third-order valence-electron chi connectivity index (χ3n) is 2.78. The molecule has 0 saturated heterocycles. The average molecular weight is 290 g/mol. The Kier molecular flexibility index (Phi) is 2.80. The van der Waals surface area contributed by atoms with Gasteiger partial charge in [0.25, 0.3) is 0 Å². The van der Waals surface area contributed by atoms with Gasteiger partial charge in [-0.1, -0.05) is 11.6 Å². The van der Waals surface area contributed by atoms with E-state index in [1.54, 1.807) is 18.2 Å². The number of aromatic nitrogens is 3. The molecule has 0 fully saturated rings. The van der Waals surface area contributed by atoms with Gasteiger partial charge < -0.3 is 10.2 Å². The number of carboxylic acids is 1. The Hall–Kier alpha value is -2.60. The van der Waals surface area contributed by atoms with Gasteiger partial charge in [-0.15, -0.1) is 15.0 Å². The lowest BCUT2D eigenvalue weighted by molar-refractivity contribution is 0.0697. The van der Waals surface area contributed by atoms with Crippen molar-refractivity contribution in [2.75, 3.05) is 0 Å². The van der Waals surface area contributed by atoms with Crippen LogP contribution in [0.2, 0.25) is 5.02 Å². The molecule has 1 heterocycles. The van der Waals surface area contributed by atoms with Gasteiger partial charge in [-0.05, 0) is 36.4 Å². The summed E-state index contributed by atoms with van der Waals surface area (Å²) >= 11 is 5.87. The van der Waals surface area contributed by atoms with Crippen molar-refractivity contribution in [1.29, 1.82) is 0 Å². The molecule has 0 unspecified atom stereocenters. The van der Waals surface area contributed by atoms with Crippen LogP contribution in [0.25, 0.3) is 16.7 Å². The molecule has 0 amide bonds. The second-order valence-corrected chi connectivity index (χ2v) is 4.57. The maximum atomic E-state index is 11.0. The molecule has 7 heteroatoms. The van der Waals surface area contributed by atoms with Crippen LogP contribution < -0.4 is 0 Å². The predicted octanol–water partition coefficient (Wildman–Crippen LogP) is 2.48. The van der Waals surface area contributed by atoms with Crippen LogP contribution in [0.4, 0.5) is 0 Å². The largest absolute Gasteiger partial charge is 0.506 e. The molecule has 0 saturated carbocycles. The number of halogens is 1. The molecule has 0 atom stereocenters. The van der Waals surface area contributed by atoms with Gasteiger partial charge in [0.1, 0.15) is 22.5 Å². The second-order valence-electron chi connectivity index (χ2n) is 4.13. The Morgan fingerprint density at radius 2 is 1.85 bits per heavy atom. The molecule has 0 bridgehead atoms. The molecule has 0 aliphatic heterocycles. The molecule has 0 aliphatic rings. The fourth-order valence-corrected chi connectivity index (χ4v) is 1.98. The number of fused-ring (bicyclic) bond motifs is 1. The Bertz CT molecular complexity index is 829. The smallest absolute Gasteiger partial charge is 0.335 e. The maximum absolute atomic E-state index is 11.0. The van der Waals surface area contributed by atoms with E-state index in [4.69, 9.17) is 16.7 Å². The van der Waals surface area contributed by atoms with Crippen LogP contribution in [0, 0.1) is 0 Å². The lowest BCUT2D eigenvalue weighted by Gasteiger charge is -2.03. The van der Waals surface area contributed by atoms with Crippen molar-refractivity contribution in [3.05, 3.63) is 47.0 Å². The summed E-state index contributed by atoms with van der Waals surface area (Å²) < 4.78 is 0. The molecule has 100 valence electrons. The van der Waals surface area contributed by atoms with Gasteiger partial charge in [0, 0.05) is 5.02 Å². The van der Waals surface area contributed by atoms with E-state index < -0.39 is 5.97 Å². The van der Waals surface area contributed by atoms with Crippen LogP contribution in [0.5, 0.6) is 5.75 Å². The van der Waals surface area contributed by atoms with Crippen LogP contribution in [0.3, 0.4) is 0 Å². The Morgan fingerprint density at radius 1 is 1.10 bits per heavy atom. The van der Waals surface area contributed by atoms with Gasteiger partial charge in [-0.3, -0.25) is 0 Å².